The van der Waals surface area contributed by atoms with Gasteiger partial charge in [-0.25, -0.2) is 4.21 Å². The van der Waals surface area contributed by atoms with E-state index in [-0.39, 0.29) is 4.90 Å². The van der Waals surface area contributed by atoms with Crippen LogP contribution < -0.4 is 0 Å². The smallest absolute Gasteiger partial charge is 0.295 e. The fourth-order valence-electron chi connectivity index (χ4n) is 3.58. The molecule has 0 aliphatic rings. The minimum Gasteiger partial charge on any atom is -0.302 e. The molecule has 7 heteroatoms. The third kappa shape index (κ3) is 6.29. The average Bonchev–Trinajstić information content (AvgIpc) is 2.86. The summed E-state index contributed by atoms with van der Waals surface area (Å²) in [7, 11) is -4.29. The van der Waals surface area contributed by atoms with Crippen molar-refractivity contribution in [1.29, 1.82) is 0 Å². The van der Waals surface area contributed by atoms with Crippen molar-refractivity contribution < 1.29 is 21.7 Å². The van der Waals surface area contributed by atoms with E-state index in [1.165, 1.54) is 6.07 Å². The van der Waals surface area contributed by atoms with Gasteiger partial charge in [0.05, 0.1) is 4.90 Å². The van der Waals surface area contributed by atoms with E-state index in [9.17, 15) is 21.7 Å². The van der Waals surface area contributed by atoms with Crippen molar-refractivity contribution in [2.45, 2.75) is 9.79 Å². The van der Waals surface area contributed by atoms with Gasteiger partial charge in [0, 0.05) is 0 Å². The van der Waals surface area contributed by atoms with Gasteiger partial charge in [0.25, 0.3) is 10.1 Å². The molecule has 4 rings (SSSR count). The molecule has 0 saturated heterocycles. The maximum atomic E-state index is 11.5. The standard InChI is InChI=1S/C28H22O5S2/c29-34(30)27-7-3-1-5-25(27)19-13-21-9-15-23(16-10-21)24-17-11-22(12-18-24)14-20-26-6-2-4-8-28(26)35(31,32)33/h1-20H,(H,29,30)(H,31,32,33)/b19-13+,20-14+. The summed E-state index contributed by atoms with van der Waals surface area (Å²) in [5, 5.41) is 0. The van der Waals surface area contributed by atoms with Crippen LogP contribution in [-0.4, -0.2) is 21.7 Å². The molecule has 0 amide bonds. The molecule has 4 aromatic carbocycles. The fourth-order valence-corrected chi connectivity index (χ4v) is 4.79. The van der Waals surface area contributed by atoms with E-state index in [1.807, 2.05) is 66.7 Å². The topological polar surface area (TPSA) is 91.7 Å². The first-order valence-corrected chi connectivity index (χ1v) is 13.2. The summed E-state index contributed by atoms with van der Waals surface area (Å²) in [4.78, 5) is 0.242. The Hall–Kier alpha value is -3.62. The lowest BCUT2D eigenvalue weighted by atomic mass is 10.0. The molecule has 4 aromatic rings. The van der Waals surface area contributed by atoms with Crippen LogP contribution in [-0.2, 0) is 21.2 Å². The van der Waals surface area contributed by atoms with Crippen LogP contribution in [0.1, 0.15) is 22.3 Å². The molecular weight excluding hydrogens is 480 g/mol. The highest BCUT2D eigenvalue weighted by molar-refractivity contribution is 7.86. The van der Waals surface area contributed by atoms with Crippen molar-refractivity contribution in [2.75, 3.05) is 0 Å². The second kappa shape index (κ2) is 10.8. The molecule has 176 valence electrons. The zero-order valence-electron chi connectivity index (χ0n) is 18.5. The van der Waals surface area contributed by atoms with Gasteiger partial charge in [0.15, 0.2) is 11.1 Å². The van der Waals surface area contributed by atoms with Crippen LogP contribution in [0, 0.1) is 0 Å². The summed E-state index contributed by atoms with van der Waals surface area (Å²) in [5.74, 6) is 0. The van der Waals surface area contributed by atoms with Crippen molar-refractivity contribution in [1.82, 2.24) is 0 Å². The predicted octanol–water partition coefficient (Wildman–Crippen LogP) is 6.52. The lowest BCUT2D eigenvalue weighted by Gasteiger charge is -2.05. The highest BCUT2D eigenvalue weighted by Gasteiger charge is 2.12. The minimum atomic E-state index is -4.29. The van der Waals surface area contributed by atoms with Gasteiger partial charge in [0.1, 0.15) is 4.90 Å². The third-order valence-corrected chi connectivity index (χ3v) is 7.05. The molecule has 2 N–H and O–H groups in total. The Bertz CT molecular complexity index is 1520. The molecule has 0 aliphatic heterocycles. The monoisotopic (exact) mass is 502 g/mol. The number of hydrogen-bond acceptors (Lipinski definition) is 3. The molecule has 1 unspecified atom stereocenters. The first kappa shape index (κ1) is 24.5. The first-order valence-electron chi connectivity index (χ1n) is 10.6. The average molecular weight is 503 g/mol. The lowest BCUT2D eigenvalue weighted by Crippen LogP contribution is -2.00. The zero-order chi connectivity index (χ0) is 24.8. The van der Waals surface area contributed by atoms with Crippen LogP contribution in [0.4, 0.5) is 0 Å². The molecule has 0 saturated carbocycles. The fraction of sp³-hybridized carbons (Fsp3) is 0. The molecular formula is C28H22O5S2. The number of hydrogen-bond donors (Lipinski definition) is 2. The highest BCUT2D eigenvalue weighted by Crippen LogP contribution is 2.23. The summed E-state index contributed by atoms with van der Waals surface area (Å²) in [6.45, 7) is 0. The maximum Gasteiger partial charge on any atom is 0.295 e. The van der Waals surface area contributed by atoms with Crippen molar-refractivity contribution in [3.05, 3.63) is 119 Å². The van der Waals surface area contributed by atoms with Gasteiger partial charge in [-0.05, 0) is 45.5 Å². The Morgan fingerprint density at radius 2 is 1.06 bits per heavy atom. The molecule has 0 bridgehead atoms. The van der Waals surface area contributed by atoms with E-state index in [0.717, 1.165) is 22.3 Å². The Labute approximate surface area is 207 Å². The van der Waals surface area contributed by atoms with Crippen molar-refractivity contribution in [3.63, 3.8) is 0 Å². The van der Waals surface area contributed by atoms with E-state index in [2.05, 4.69) is 0 Å². The Morgan fingerprint density at radius 3 is 1.57 bits per heavy atom. The van der Waals surface area contributed by atoms with Crippen molar-refractivity contribution in [2.24, 2.45) is 0 Å². The highest BCUT2D eigenvalue weighted by atomic mass is 32.2. The zero-order valence-corrected chi connectivity index (χ0v) is 20.1. The van der Waals surface area contributed by atoms with Crippen molar-refractivity contribution >= 4 is 45.5 Å². The molecule has 0 fully saturated rings. The molecule has 0 spiro atoms. The molecule has 0 aliphatic carbocycles. The van der Waals surface area contributed by atoms with Crippen LogP contribution in [0.15, 0.2) is 107 Å². The van der Waals surface area contributed by atoms with Crippen LogP contribution in [0.25, 0.3) is 35.4 Å². The first-order chi connectivity index (χ1) is 16.8. The summed E-state index contributed by atoms with van der Waals surface area (Å²) >= 11 is -2.04. The molecule has 0 aromatic heterocycles. The predicted molar refractivity (Wildman–Crippen MR) is 141 cm³/mol. The van der Waals surface area contributed by atoms with E-state index >= 15 is 0 Å². The Balaban J connectivity index is 1.48. The van der Waals surface area contributed by atoms with Crippen LogP contribution in [0.5, 0.6) is 0 Å². The summed E-state index contributed by atoms with van der Waals surface area (Å²) in [6, 6.07) is 29.0. The van der Waals surface area contributed by atoms with Crippen LogP contribution in [0.2, 0.25) is 0 Å². The summed E-state index contributed by atoms with van der Waals surface area (Å²) in [5.41, 5.74) is 5.02. The second-order valence-electron chi connectivity index (χ2n) is 7.71. The number of benzene rings is 4. The van der Waals surface area contributed by atoms with Gasteiger partial charge in [-0.1, -0.05) is 109 Å². The Morgan fingerprint density at radius 1 is 0.600 bits per heavy atom. The molecule has 0 heterocycles. The Kier molecular flexibility index (Phi) is 7.53. The van der Waals surface area contributed by atoms with E-state index in [0.29, 0.717) is 16.0 Å². The quantitative estimate of drug-likeness (QED) is 0.170. The van der Waals surface area contributed by atoms with E-state index < -0.39 is 21.2 Å². The normalized spacial score (nSPS) is 12.9. The summed E-state index contributed by atoms with van der Waals surface area (Å²) in [6.07, 6.45) is 7.16. The van der Waals surface area contributed by atoms with Crippen LogP contribution >= 0.6 is 0 Å². The number of rotatable bonds is 7. The molecule has 35 heavy (non-hydrogen) atoms. The van der Waals surface area contributed by atoms with Gasteiger partial charge in [-0.2, -0.15) is 8.42 Å². The molecule has 0 radical (unpaired) electrons. The van der Waals surface area contributed by atoms with Gasteiger partial charge in [0.2, 0.25) is 0 Å². The largest absolute Gasteiger partial charge is 0.302 e. The second-order valence-corrected chi connectivity index (χ2v) is 10.0. The van der Waals surface area contributed by atoms with Gasteiger partial charge in [-0.3, -0.25) is 4.55 Å². The third-order valence-electron chi connectivity index (χ3n) is 5.37. The maximum absolute atomic E-state index is 11.5. The molecule has 1 atom stereocenters. The van der Waals surface area contributed by atoms with Gasteiger partial charge >= 0.3 is 0 Å². The lowest BCUT2D eigenvalue weighted by molar-refractivity contribution is 0.483. The van der Waals surface area contributed by atoms with Gasteiger partial charge in [-0.15, -0.1) is 0 Å². The summed E-state index contributed by atoms with van der Waals surface area (Å²) < 4.78 is 53.4. The van der Waals surface area contributed by atoms with Crippen LogP contribution in [0.3, 0.4) is 0 Å². The minimum absolute atomic E-state index is 0.130. The van der Waals surface area contributed by atoms with Crippen molar-refractivity contribution in [3.8, 4) is 11.1 Å². The SMILES string of the molecule is O=S(O)c1ccccc1/C=C/c1ccc(-c2ccc(/C=C/c3ccccc3S(=O)(=O)O)cc2)cc1. The molecule has 5 nitrogen and oxygen atoms in total. The van der Waals surface area contributed by atoms with Gasteiger partial charge < -0.3 is 4.55 Å². The van der Waals surface area contributed by atoms with E-state index in [4.69, 9.17) is 0 Å². The van der Waals surface area contributed by atoms with E-state index in [1.54, 1.807) is 48.6 Å².